The second kappa shape index (κ2) is 4.76. The van der Waals surface area contributed by atoms with E-state index in [1.54, 1.807) is 0 Å². The highest BCUT2D eigenvalue weighted by atomic mass is 16.4. The Morgan fingerprint density at radius 1 is 1.42 bits per heavy atom. The van der Waals surface area contributed by atoms with Gasteiger partial charge in [-0.25, -0.2) is 4.98 Å². The second-order valence-electron chi connectivity index (χ2n) is 3.61. The van der Waals surface area contributed by atoms with Gasteiger partial charge in [0.25, 0.3) is 5.56 Å². The van der Waals surface area contributed by atoms with E-state index < -0.39 is 30.0 Å². The van der Waals surface area contributed by atoms with Crippen LogP contribution in [0.15, 0.2) is 11.1 Å². The van der Waals surface area contributed by atoms with E-state index in [9.17, 15) is 24.6 Å². The minimum Gasteiger partial charge on any atom is -0.550 e. The van der Waals surface area contributed by atoms with E-state index in [0.717, 1.165) is 0 Å². The summed E-state index contributed by atoms with van der Waals surface area (Å²) in [7, 11) is 0. The van der Waals surface area contributed by atoms with Crippen molar-refractivity contribution in [2.24, 2.45) is 0 Å². The smallest absolute Gasteiger partial charge is 0.278 e. The number of hydrogen-bond donors (Lipinski definition) is 3. The number of aromatic nitrogens is 4. The van der Waals surface area contributed by atoms with E-state index in [4.69, 9.17) is 0 Å². The van der Waals surface area contributed by atoms with Crippen molar-refractivity contribution in [1.82, 2.24) is 19.9 Å². The third-order valence-electron chi connectivity index (χ3n) is 2.26. The Hall–Kier alpha value is -2.91. The molecule has 0 saturated carbocycles. The van der Waals surface area contributed by atoms with E-state index in [1.165, 1.54) is 6.33 Å². The van der Waals surface area contributed by atoms with Gasteiger partial charge in [0, 0.05) is 12.4 Å². The van der Waals surface area contributed by atoms with Crippen molar-refractivity contribution >= 4 is 29.1 Å². The molecule has 100 valence electrons. The van der Waals surface area contributed by atoms with E-state index >= 15 is 0 Å². The van der Waals surface area contributed by atoms with Crippen LogP contribution in [0.25, 0.3) is 11.2 Å². The summed E-state index contributed by atoms with van der Waals surface area (Å²) >= 11 is 0. The van der Waals surface area contributed by atoms with Gasteiger partial charge in [-0.3, -0.25) is 9.78 Å². The Labute approximate surface area is 104 Å². The largest absolute Gasteiger partial charge is 0.550 e. The van der Waals surface area contributed by atoms with Crippen molar-refractivity contribution in [3.8, 4) is 0 Å². The molecule has 2 aromatic rings. The van der Waals surface area contributed by atoms with Crippen LogP contribution in [0.1, 0.15) is 6.42 Å². The quantitative estimate of drug-likeness (QED) is 0.496. The van der Waals surface area contributed by atoms with Crippen molar-refractivity contribution in [3.05, 3.63) is 16.7 Å². The SMILES string of the molecule is O=C([O-])C[C@@H](Nc1nc2nc[nH]c2c(=O)[nH]1)C(=O)[O-]. The molecule has 10 nitrogen and oxygen atoms in total. The Morgan fingerprint density at radius 2 is 2.16 bits per heavy atom. The number of aliphatic carboxylic acids is 2. The molecular weight excluding hydrogens is 258 g/mol. The maximum Gasteiger partial charge on any atom is 0.278 e. The van der Waals surface area contributed by atoms with Gasteiger partial charge >= 0.3 is 0 Å². The molecule has 0 aliphatic rings. The van der Waals surface area contributed by atoms with E-state index in [-0.39, 0.29) is 17.1 Å². The fourth-order valence-corrected chi connectivity index (χ4v) is 1.44. The van der Waals surface area contributed by atoms with Crippen LogP contribution >= 0.6 is 0 Å². The molecule has 0 spiro atoms. The topological polar surface area (TPSA) is 167 Å². The number of imidazole rings is 1. The number of carbonyl (C=O) groups is 2. The molecule has 0 radical (unpaired) electrons. The van der Waals surface area contributed by atoms with Crippen LogP contribution in [0.3, 0.4) is 0 Å². The Bertz CT molecular complexity index is 690. The van der Waals surface area contributed by atoms with Crippen LogP contribution in [-0.4, -0.2) is 37.9 Å². The second-order valence-corrected chi connectivity index (χ2v) is 3.61. The van der Waals surface area contributed by atoms with Crippen LogP contribution in [0, 0.1) is 0 Å². The lowest BCUT2D eigenvalue weighted by atomic mass is 10.2. The highest BCUT2D eigenvalue weighted by molar-refractivity contribution is 5.81. The highest BCUT2D eigenvalue weighted by Crippen LogP contribution is 2.05. The molecule has 0 aromatic carbocycles. The van der Waals surface area contributed by atoms with Gasteiger partial charge in [-0.05, 0) is 0 Å². The van der Waals surface area contributed by atoms with Crippen molar-refractivity contribution in [2.75, 3.05) is 5.32 Å². The average Bonchev–Trinajstić information content (AvgIpc) is 2.76. The molecule has 0 bridgehead atoms. The van der Waals surface area contributed by atoms with E-state index in [2.05, 4.69) is 25.3 Å². The zero-order chi connectivity index (χ0) is 14.0. The first-order valence-electron chi connectivity index (χ1n) is 5.08. The molecule has 0 fully saturated rings. The molecule has 0 amide bonds. The van der Waals surface area contributed by atoms with Crippen LogP contribution in [0.4, 0.5) is 5.95 Å². The van der Waals surface area contributed by atoms with Gasteiger partial charge in [-0.2, -0.15) is 4.98 Å². The molecule has 3 N–H and O–H groups in total. The summed E-state index contributed by atoms with van der Waals surface area (Å²) in [6.45, 7) is 0. The van der Waals surface area contributed by atoms with Crippen molar-refractivity contribution < 1.29 is 19.8 Å². The zero-order valence-corrected chi connectivity index (χ0v) is 9.30. The predicted octanol–water partition coefficient (Wildman–Crippen LogP) is -3.68. The van der Waals surface area contributed by atoms with Crippen LogP contribution in [0.2, 0.25) is 0 Å². The summed E-state index contributed by atoms with van der Waals surface area (Å²) in [6.07, 6.45) is 0.415. The summed E-state index contributed by atoms with van der Waals surface area (Å²) in [5, 5.41) is 23.4. The number of anilines is 1. The van der Waals surface area contributed by atoms with Gasteiger partial charge in [0.2, 0.25) is 5.95 Å². The van der Waals surface area contributed by atoms with Gasteiger partial charge in [0.05, 0.1) is 18.3 Å². The molecule has 0 saturated heterocycles. The number of carboxylic acid groups (broad SMARTS) is 2. The maximum absolute atomic E-state index is 11.5. The number of hydrogen-bond acceptors (Lipinski definition) is 8. The number of nitrogens with one attached hydrogen (secondary N) is 3. The molecule has 0 aliphatic carbocycles. The van der Waals surface area contributed by atoms with Crippen LogP contribution < -0.4 is 21.1 Å². The highest BCUT2D eigenvalue weighted by Gasteiger charge is 2.13. The lowest BCUT2D eigenvalue weighted by Gasteiger charge is -2.19. The third-order valence-corrected chi connectivity index (χ3v) is 2.26. The molecular formula is C9H7N5O5-2. The number of nitrogens with zero attached hydrogens (tertiary/aromatic N) is 2. The summed E-state index contributed by atoms with van der Waals surface area (Å²) in [6, 6.07) is -1.58. The summed E-state index contributed by atoms with van der Waals surface area (Å²) < 4.78 is 0. The zero-order valence-electron chi connectivity index (χ0n) is 9.30. The third kappa shape index (κ3) is 2.68. The van der Waals surface area contributed by atoms with Crippen LogP contribution in [0.5, 0.6) is 0 Å². The van der Waals surface area contributed by atoms with Gasteiger partial charge in [0.1, 0.15) is 0 Å². The molecule has 0 aliphatic heterocycles. The number of rotatable bonds is 5. The number of aromatic amines is 2. The molecule has 1 atom stereocenters. The normalized spacial score (nSPS) is 12.2. The molecule has 19 heavy (non-hydrogen) atoms. The monoisotopic (exact) mass is 265 g/mol. The predicted molar refractivity (Wildman–Crippen MR) is 56.6 cm³/mol. The number of H-pyrrole nitrogens is 2. The fourth-order valence-electron chi connectivity index (χ4n) is 1.44. The summed E-state index contributed by atoms with van der Waals surface area (Å²) in [5.74, 6) is -3.46. The lowest BCUT2D eigenvalue weighted by molar-refractivity contribution is -0.316. The molecule has 2 aromatic heterocycles. The van der Waals surface area contributed by atoms with E-state index in [0.29, 0.717) is 0 Å². The van der Waals surface area contributed by atoms with Crippen LogP contribution in [-0.2, 0) is 9.59 Å². The molecule has 0 unspecified atom stereocenters. The maximum atomic E-state index is 11.5. The van der Waals surface area contributed by atoms with Gasteiger partial charge < -0.3 is 30.1 Å². The first kappa shape index (κ1) is 12.5. The Morgan fingerprint density at radius 3 is 2.79 bits per heavy atom. The molecule has 2 heterocycles. The standard InChI is InChI=1S/C9H9N5O5/c15-4(16)1-3(8(18)19)12-9-13-6-5(7(17)14-9)10-2-11-6/h2-3H,1H2,(H,15,16)(H,18,19)(H3,10,11,12,13,14,17)/p-2/t3-/m1/s1. The average molecular weight is 265 g/mol. The number of carbonyl (C=O) groups excluding carboxylic acids is 2. The minimum atomic E-state index is -1.66. The van der Waals surface area contributed by atoms with Crippen molar-refractivity contribution in [2.45, 2.75) is 12.5 Å². The number of carboxylic acids is 2. The Kier molecular flexibility index (Phi) is 3.14. The lowest BCUT2D eigenvalue weighted by Crippen LogP contribution is -2.45. The first-order valence-corrected chi connectivity index (χ1v) is 5.08. The van der Waals surface area contributed by atoms with Gasteiger partial charge in [-0.15, -0.1) is 0 Å². The molecule has 10 heteroatoms. The number of fused-ring (bicyclic) bond motifs is 1. The fraction of sp³-hybridized carbons (Fsp3) is 0.222. The minimum absolute atomic E-state index is 0.0665. The van der Waals surface area contributed by atoms with E-state index in [1.807, 2.05) is 0 Å². The van der Waals surface area contributed by atoms with Crippen molar-refractivity contribution in [1.29, 1.82) is 0 Å². The first-order chi connectivity index (χ1) is 8.97. The summed E-state index contributed by atoms with van der Waals surface area (Å²) in [4.78, 5) is 45.0. The summed E-state index contributed by atoms with van der Waals surface area (Å²) in [5.41, 5.74) is -0.386. The Balaban J connectivity index is 2.30. The molecule has 2 rings (SSSR count). The van der Waals surface area contributed by atoms with Crippen molar-refractivity contribution in [3.63, 3.8) is 0 Å². The van der Waals surface area contributed by atoms with Gasteiger partial charge in [0.15, 0.2) is 11.2 Å². The van der Waals surface area contributed by atoms with Gasteiger partial charge in [-0.1, -0.05) is 0 Å².